The molecular weight excluding hydrogens is 400 g/mol. The standard InChI is InChI=1S/C15H16Br2N2O2/c1-3-4-19-10-5-11(9-18-8-10)21-15-7-12(16)14(20-2)6-13(15)17/h5-9,19H,3-4H2,1-2H3. The van der Waals surface area contributed by atoms with Gasteiger partial charge in [-0.3, -0.25) is 4.98 Å². The minimum atomic E-state index is 0.675. The van der Waals surface area contributed by atoms with Crippen LogP contribution in [0.25, 0.3) is 0 Å². The fraction of sp³-hybridized carbons (Fsp3) is 0.267. The predicted octanol–water partition coefficient (Wildman–Crippen LogP) is 5.23. The zero-order valence-electron chi connectivity index (χ0n) is 11.8. The van der Waals surface area contributed by atoms with Crippen molar-refractivity contribution in [3.8, 4) is 17.2 Å². The van der Waals surface area contributed by atoms with Crippen molar-refractivity contribution in [1.29, 1.82) is 0 Å². The van der Waals surface area contributed by atoms with Crippen molar-refractivity contribution in [2.75, 3.05) is 19.0 Å². The maximum Gasteiger partial charge on any atom is 0.147 e. The number of hydrogen-bond donors (Lipinski definition) is 1. The number of rotatable bonds is 6. The highest BCUT2D eigenvalue weighted by atomic mass is 79.9. The van der Waals surface area contributed by atoms with Crippen molar-refractivity contribution in [3.63, 3.8) is 0 Å². The van der Waals surface area contributed by atoms with Gasteiger partial charge >= 0.3 is 0 Å². The highest BCUT2D eigenvalue weighted by Gasteiger charge is 2.09. The summed E-state index contributed by atoms with van der Waals surface area (Å²) in [6, 6.07) is 5.63. The molecule has 4 nitrogen and oxygen atoms in total. The number of hydrogen-bond acceptors (Lipinski definition) is 4. The first-order valence-electron chi connectivity index (χ1n) is 6.54. The molecular formula is C15H16Br2N2O2. The maximum absolute atomic E-state index is 5.88. The van der Waals surface area contributed by atoms with Crippen molar-refractivity contribution in [2.24, 2.45) is 0 Å². The van der Waals surface area contributed by atoms with Gasteiger partial charge in [0.1, 0.15) is 17.2 Å². The Balaban J connectivity index is 2.20. The number of ether oxygens (including phenoxy) is 2. The molecule has 0 fully saturated rings. The second kappa shape index (κ2) is 7.66. The van der Waals surface area contributed by atoms with E-state index in [4.69, 9.17) is 9.47 Å². The second-order valence-electron chi connectivity index (χ2n) is 4.36. The summed E-state index contributed by atoms with van der Waals surface area (Å²) in [6.45, 7) is 3.02. The average molecular weight is 416 g/mol. The van der Waals surface area contributed by atoms with E-state index in [-0.39, 0.29) is 0 Å². The molecule has 1 heterocycles. The number of methoxy groups -OCH3 is 1. The van der Waals surface area contributed by atoms with Crippen molar-refractivity contribution < 1.29 is 9.47 Å². The molecule has 112 valence electrons. The van der Waals surface area contributed by atoms with E-state index in [0.29, 0.717) is 11.5 Å². The molecule has 0 spiro atoms. The summed E-state index contributed by atoms with van der Waals surface area (Å²) in [5.74, 6) is 2.11. The summed E-state index contributed by atoms with van der Waals surface area (Å²) in [4.78, 5) is 4.18. The molecule has 21 heavy (non-hydrogen) atoms. The van der Waals surface area contributed by atoms with Gasteiger partial charge in [0.2, 0.25) is 0 Å². The lowest BCUT2D eigenvalue weighted by molar-refractivity contribution is 0.409. The average Bonchev–Trinajstić information content (AvgIpc) is 2.49. The molecule has 6 heteroatoms. The molecule has 0 aliphatic rings. The number of nitrogens with one attached hydrogen (secondary N) is 1. The third-order valence-electron chi connectivity index (χ3n) is 2.73. The van der Waals surface area contributed by atoms with Crippen molar-refractivity contribution in [1.82, 2.24) is 4.98 Å². The molecule has 0 unspecified atom stereocenters. The van der Waals surface area contributed by atoms with E-state index >= 15 is 0 Å². The van der Waals surface area contributed by atoms with Gasteiger partial charge in [0.15, 0.2) is 0 Å². The van der Waals surface area contributed by atoms with Gasteiger partial charge in [0.05, 0.1) is 34.1 Å². The lowest BCUT2D eigenvalue weighted by atomic mass is 10.3. The van der Waals surface area contributed by atoms with Crippen LogP contribution in [-0.2, 0) is 0 Å². The molecule has 1 aromatic heterocycles. The zero-order chi connectivity index (χ0) is 15.2. The van der Waals surface area contributed by atoms with Crippen molar-refractivity contribution in [3.05, 3.63) is 39.5 Å². The molecule has 0 atom stereocenters. The first-order chi connectivity index (χ1) is 10.1. The highest BCUT2D eigenvalue weighted by molar-refractivity contribution is 9.11. The molecule has 0 aliphatic heterocycles. The number of aromatic nitrogens is 1. The van der Waals surface area contributed by atoms with Crippen molar-refractivity contribution in [2.45, 2.75) is 13.3 Å². The first-order valence-corrected chi connectivity index (χ1v) is 8.12. The van der Waals surface area contributed by atoms with E-state index in [2.05, 4.69) is 49.1 Å². The molecule has 0 aliphatic carbocycles. The van der Waals surface area contributed by atoms with Crippen LogP contribution in [0.1, 0.15) is 13.3 Å². The Morgan fingerprint density at radius 2 is 1.81 bits per heavy atom. The molecule has 0 radical (unpaired) electrons. The third kappa shape index (κ3) is 4.35. The number of halogens is 2. The van der Waals surface area contributed by atoms with Gasteiger partial charge in [0, 0.05) is 12.6 Å². The Morgan fingerprint density at radius 3 is 2.52 bits per heavy atom. The molecule has 1 N–H and O–H groups in total. The summed E-state index contributed by atoms with van der Waals surface area (Å²) in [6.07, 6.45) is 4.52. The van der Waals surface area contributed by atoms with Crippen LogP contribution in [0.3, 0.4) is 0 Å². The lowest BCUT2D eigenvalue weighted by Crippen LogP contribution is -2.00. The SMILES string of the molecule is CCCNc1cncc(Oc2cc(Br)c(OC)cc2Br)c1. The Labute approximate surface area is 141 Å². The van der Waals surface area contributed by atoms with Crippen LogP contribution in [0.15, 0.2) is 39.5 Å². The Hall–Kier alpha value is -1.27. The summed E-state index contributed by atoms with van der Waals surface area (Å²) in [7, 11) is 1.62. The number of pyridine rings is 1. The van der Waals surface area contributed by atoms with Gasteiger partial charge < -0.3 is 14.8 Å². The molecule has 0 saturated heterocycles. The molecule has 0 saturated carbocycles. The van der Waals surface area contributed by atoms with Crippen LogP contribution in [0.2, 0.25) is 0 Å². The van der Waals surface area contributed by atoms with Crippen LogP contribution in [0, 0.1) is 0 Å². The van der Waals surface area contributed by atoms with Gasteiger partial charge in [-0.1, -0.05) is 6.92 Å². The number of benzene rings is 1. The van der Waals surface area contributed by atoms with E-state index < -0.39 is 0 Å². The van der Waals surface area contributed by atoms with E-state index in [1.54, 1.807) is 19.5 Å². The monoisotopic (exact) mass is 414 g/mol. The van der Waals surface area contributed by atoms with Crippen LogP contribution in [0.4, 0.5) is 5.69 Å². The van der Waals surface area contributed by atoms with Crippen molar-refractivity contribution >= 4 is 37.5 Å². The van der Waals surface area contributed by atoms with Crippen LogP contribution < -0.4 is 14.8 Å². The second-order valence-corrected chi connectivity index (χ2v) is 6.06. The largest absolute Gasteiger partial charge is 0.496 e. The maximum atomic E-state index is 5.88. The predicted molar refractivity (Wildman–Crippen MR) is 91.5 cm³/mol. The lowest BCUT2D eigenvalue weighted by Gasteiger charge is -2.12. The highest BCUT2D eigenvalue weighted by Crippen LogP contribution is 2.38. The molecule has 0 amide bonds. The van der Waals surface area contributed by atoms with Crippen LogP contribution in [0.5, 0.6) is 17.2 Å². The quantitative estimate of drug-likeness (QED) is 0.701. The molecule has 2 aromatic rings. The molecule has 1 aromatic carbocycles. The Morgan fingerprint density at radius 1 is 1.10 bits per heavy atom. The van der Waals surface area contributed by atoms with Gasteiger partial charge in [-0.25, -0.2) is 0 Å². The smallest absolute Gasteiger partial charge is 0.147 e. The zero-order valence-corrected chi connectivity index (χ0v) is 15.0. The van der Waals surface area contributed by atoms with E-state index in [0.717, 1.165) is 33.3 Å². The third-order valence-corrected chi connectivity index (χ3v) is 3.97. The normalized spacial score (nSPS) is 10.3. The van der Waals surface area contributed by atoms with E-state index in [1.165, 1.54) is 0 Å². The number of nitrogens with zero attached hydrogens (tertiary/aromatic N) is 1. The summed E-state index contributed by atoms with van der Waals surface area (Å²) in [5.41, 5.74) is 0.943. The van der Waals surface area contributed by atoms with Crippen LogP contribution in [-0.4, -0.2) is 18.6 Å². The number of anilines is 1. The summed E-state index contributed by atoms with van der Waals surface area (Å²) >= 11 is 6.93. The summed E-state index contributed by atoms with van der Waals surface area (Å²) < 4.78 is 12.8. The minimum Gasteiger partial charge on any atom is -0.496 e. The fourth-order valence-electron chi connectivity index (χ4n) is 1.71. The van der Waals surface area contributed by atoms with Crippen LogP contribution >= 0.6 is 31.9 Å². The Bertz CT molecular complexity index is 621. The fourth-order valence-corrected chi connectivity index (χ4v) is 2.60. The van der Waals surface area contributed by atoms with Gasteiger partial charge in [-0.15, -0.1) is 0 Å². The van der Waals surface area contributed by atoms with Gasteiger partial charge in [-0.2, -0.15) is 0 Å². The summed E-state index contributed by atoms with van der Waals surface area (Å²) in [5, 5.41) is 3.28. The van der Waals surface area contributed by atoms with E-state index in [1.807, 2.05) is 18.2 Å². The topological polar surface area (TPSA) is 43.4 Å². The molecule has 2 rings (SSSR count). The minimum absolute atomic E-state index is 0.675. The van der Waals surface area contributed by atoms with E-state index in [9.17, 15) is 0 Å². The molecule has 0 bridgehead atoms. The Kier molecular flexibility index (Phi) is 5.87. The van der Waals surface area contributed by atoms with Gasteiger partial charge in [-0.05, 0) is 50.4 Å². The van der Waals surface area contributed by atoms with Gasteiger partial charge in [0.25, 0.3) is 0 Å². The first kappa shape index (κ1) is 16.1.